The Morgan fingerprint density at radius 3 is 2.48 bits per heavy atom. The normalized spacial score (nSPS) is 18.2. The summed E-state index contributed by atoms with van der Waals surface area (Å²) in [7, 11) is 0. The first kappa shape index (κ1) is 17.7. The molecule has 0 radical (unpaired) electrons. The van der Waals surface area contributed by atoms with Gasteiger partial charge in [-0.3, -0.25) is 15.0 Å². The van der Waals surface area contributed by atoms with Crippen LogP contribution in [0.5, 0.6) is 0 Å². The highest BCUT2D eigenvalue weighted by atomic mass is 16.2. The number of nitrogens with zero attached hydrogens (tertiary/aromatic N) is 1. The van der Waals surface area contributed by atoms with Gasteiger partial charge in [0.1, 0.15) is 0 Å². The monoisotopic (exact) mass is 363 g/mol. The summed E-state index contributed by atoms with van der Waals surface area (Å²) in [6.07, 6.45) is 4.37. The average Bonchev–Trinajstić information content (AvgIpc) is 3.44. The molecule has 2 aliphatic rings. The summed E-state index contributed by atoms with van der Waals surface area (Å²) in [4.78, 5) is 26.8. The fourth-order valence-corrected chi connectivity index (χ4v) is 3.93. The maximum Gasteiger partial charge on any atom is 0.321 e. The van der Waals surface area contributed by atoms with Crippen molar-refractivity contribution < 1.29 is 9.59 Å². The molecular weight excluding hydrogens is 338 g/mol. The largest absolute Gasteiger partial charge is 0.334 e. The molecule has 1 unspecified atom stereocenters. The molecule has 2 N–H and O–H groups in total. The highest BCUT2D eigenvalue weighted by Crippen LogP contribution is 2.41. The van der Waals surface area contributed by atoms with Crippen molar-refractivity contribution >= 4 is 11.9 Å². The van der Waals surface area contributed by atoms with Gasteiger partial charge in [0, 0.05) is 18.6 Å². The minimum atomic E-state index is -0.438. The highest BCUT2D eigenvalue weighted by molar-refractivity contribution is 5.95. The number of imide groups is 1. The number of rotatable bonds is 6. The third-order valence-corrected chi connectivity index (χ3v) is 5.39. The van der Waals surface area contributed by atoms with Crippen molar-refractivity contribution in [3.05, 3.63) is 71.3 Å². The van der Waals surface area contributed by atoms with Gasteiger partial charge in [0.25, 0.3) is 0 Å². The van der Waals surface area contributed by atoms with Crippen molar-refractivity contribution in [1.29, 1.82) is 0 Å². The second-order valence-corrected chi connectivity index (χ2v) is 7.37. The molecule has 1 atom stereocenters. The van der Waals surface area contributed by atoms with E-state index in [4.69, 9.17) is 0 Å². The second kappa shape index (κ2) is 7.92. The molecule has 1 saturated carbocycles. The first-order chi connectivity index (χ1) is 13.2. The van der Waals surface area contributed by atoms with E-state index in [2.05, 4.69) is 39.8 Å². The van der Waals surface area contributed by atoms with Crippen molar-refractivity contribution in [3.63, 3.8) is 0 Å². The van der Waals surface area contributed by atoms with Crippen LogP contribution in [0, 0.1) is 0 Å². The van der Waals surface area contributed by atoms with Crippen LogP contribution in [0.2, 0.25) is 0 Å². The predicted octanol–water partition coefficient (Wildman–Crippen LogP) is 3.16. The lowest BCUT2D eigenvalue weighted by atomic mass is 10.1. The van der Waals surface area contributed by atoms with Crippen LogP contribution in [0.4, 0.5) is 4.79 Å². The lowest BCUT2D eigenvalue weighted by molar-refractivity contribution is -0.122. The topological polar surface area (TPSA) is 61.4 Å². The summed E-state index contributed by atoms with van der Waals surface area (Å²) in [6.45, 7) is 0.671. The van der Waals surface area contributed by atoms with E-state index in [1.54, 1.807) is 0 Å². The van der Waals surface area contributed by atoms with E-state index in [1.807, 2.05) is 30.3 Å². The van der Waals surface area contributed by atoms with Gasteiger partial charge in [0.15, 0.2) is 0 Å². The molecule has 5 nitrogen and oxygen atoms in total. The molecule has 27 heavy (non-hydrogen) atoms. The SMILES string of the molecule is O=C(CN(C1CC1)C1CCc2ccccc21)NC(=O)NCc1ccccc1. The average molecular weight is 363 g/mol. The van der Waals surface area contributed by atoms with E-state index in [0.717, 1.165) is 31.2 Å². The summed E-state index contributed by atoms with van der Waals surface area (Å²) >= 11 is 0. The zero-order chi connectivity index (χ0) is 18.6. The molecule has 2 aromatic carbocycles. The number of fused-ring (bicyclic) bond motifs is 1. The van der Waals surface area contributed by atoms with Crippen LogP contribution >= 0.6 is 0 Å². The van der Waals surface area contributed by atoms with Crippen LogP contribution in [0.15, 0.2) is 54.6 Å². The van der Waals surface area contributed by atoms with Crippen LogP contribution in [0.25, 0.3) is 0 Å². The minimum Gasteiger partial charge on any atom is -0.334 e. The zero-order valence-electron chi connectivity index (χ0n) is 15.4. The Balaban J connectivity index is 1.33. The molecule has 0 spiro atoms. The first-order valence-electron chi connectivity index (χ1n) is 9.66. The van der Waals surface area contributed by atoms with E-state index in [1.165, 1.54) is 11.1 Å². The molecule has 4 rings (SSSR count). The van der Waals surface area contributed by atoms with Gasteiger partial charge in [0.05, 0.1) is 6.54 Å². The maximum absolute atomic E-state index is 12.5. The highest BCUT2D eigenvalue weighted by Gasteiger charge is 2.38. The van der Waals surface area contributed by atoms with Gasteiger partial charge in [0.2, 0.25) is 5.91 Å². The summed E-state index contributed by atoms with van der Waals surface area (Å²) < 4.78 is 0. The molecule has 0 aromatic heterocycles. The third kappa shape index (κ3) is 4.37. The third-order valence-electron chi connectivity index (χ3n) is 5.39. The fourth-order valence-electron chi connectivity index (χ4n) is 3.93. The summed E-state index contributed by atoms with van der Waals surface area (Å²) in [5, 5.41) is 5.22. The summed E-state index contributed by atoms with van der Waals surface area (Å²) in [5.74, 6) is -0.239. The van der Waals surface area contributed by atoms with Crippen molar-refractivity contribution in [2.24, 2.45) is 0 Å². The lowest BCUT2D eigenvalue weighted by Crippen LogP contribution is -2.45. The molecule has 3 amide bonds. The molecule has 2 aliphatic carbocycles. The molecule has 0 bridgehead atoms. The van der Waals surface area contributed by atoms with Gasteiger partial charge >= 0.3 is 6.03 Å². The van der Waals surface area contributed by atoms with E-state index in [-0.39, 0.29) is 18.5 Å². The number of carbonyl (C=O) groups excluding carboxylic acids is 2. The van der Waals surface area contributed by atoms with E-state index < -0.39 is 6.03 Å². The molecule has 2 aromatic rings. The van der Waals surface area contributed by atoms with Gasteiger partial charge in [-0.2, -0.15) is 0 Å². The Morgan fingerprint density at radius 1 is 0.963 bits per heavy atom. The van der Waals surface area contributed by atoms with Crippen LogP contribution in [-0.4, -0.2) is 29.4 Å². The van der Waals surface area contributed by atoms with Gasteiger partial charge in [-0.05, 0) is 42.4 Å². The predicted molar refractivity (Wildman–Crippen MR) is 104 cm³/mol. The fraction of sp³-hybridized carbons (Fsp3) is 0.364. The number of carbonyl (C=O) groups is 2. The Labute approximate surface area is 159 Å². The molecule has 0 saturated heterocycles. The van der Waals surface area contributed by atoms with Crippen molar-refractivity contribution in [2.75, 3.05) is 6.54 Å². The molecular formula is C22H25N3O2. The van der Waals surface area contributed by atoms with Gasteiger partial charge in [-0.15, -0.1) is 0 Å². The van der Waals surface area contributed by atoms with Crippen LogP contribution in [0.1, 0.15) is 42.0 Å². The van der Waals surface area contributed by atoms with Crippen LogP contribution in [0.3, 0.4) is 0 Å². The molecule has 5 heteroatoms. The summed E-state index contributed by atoms with van der Waals surface area (Å²) in [5.41, 5.74) is 3.72. The van der Waals surface area contributed by atoms with Crippen molar-refractivity contribution in [2.45, 2.75) is 44.3 Å². The van der Waals surface area contributed by atoms with Crippen molar-refractivity contribution in [3.8, 4) is 0 Å². The quantitative estimate of drug-likeness (QED) is 0.829. The number of hydrogen-bond donors (Lipinski definition) is 2. The second-order valence-electron chi connectivity index (χ2n) is 7.37. The lowest BCUT2D eigenvalue weighted by Gasteiger charge is -2.29. The smallest absolute Gasteiger partial charge is 0.321 e. The van der Waals surface area contributed by atoms with Crippen LogP contribution < -0.4 is 10.6 Å². The standard InChI is InChI=1S/C22H25N3O2/c26-21(24-22(27)23-14-16-6-2-1-3-7-16)15-25(18-11-12-18)20-13-10-17-8-4-5-9-19(17)20/h1-9,18,20H,10-15H2,(H2,23,24,26,27). The molecule has 0 aliphatic heterocycles. The van der Waals surface area contributed by atoms with E-state index >= 15 is 0 Å². The number of benzene rings is 2. The number of aryl methyl sites for hydroxylation is 1. The first-order valence-corrected chi connectivity index (χ1v) is 9.66. The number of nitrogens with one attached hydrogen (secondary N) is 2. The Kier molecular flexibility index (Phi) is 5.21. The summed E-state index contributed by atoms with van der Waals surface area (Å²) in [6, 6.07) is 18.5. The number of urea groups is 1. The van der Waals surface area contributed by atoms with Gasteiger partial charge < -0.3 is 5.32 Å². The number of hydrogen-bond acceptors (Lipinski definition) is 3. The maximum atomic E-state index is 12.5. The van der Waals surface area contributed by atoms with Gasteiger partial charge in [-0.25, -0.2) is 4.79 Å². The van der Waals surface area contributed by atoms with Crippen molar-refractivity contribution in [1.82, 2.24) is 15.5 Å². The minimum absolute atomic E-state index is 0.239. The Hall–Kier alpha value is -2.66. The molecule has 1 fully saturated rings. The van der Waals surface area contributed by atoms with E-state index in [0.29, 0.717) is 12.6 Å². The zero-order valence-corrected chi connectivity index (χ0v) is 15.4. The molecule has 0 heterocycles. The Bertz CT molecular complexity index is 817. The van der Waals surface area contributed by atoms with Crippen LogP contribution in [-0.2, 0) is 17.8 Å². The van der Waals surface area contributed by atoms with E-state index in [9.17, 15) is 9.59 Å². The molecule has 140 valence electrons. The Morgan fingerprint density at radius 2 is 1.70 bits per heavy atom. The van der Waals surface area contributed by atoms with Gasteiger partial charge in [-0.1, -0.05) is 54.6 Å². The number of amides is 3.